The van der Waals surface area contributed by atoms with Crippen LogP contribution in [0.5, 0.6) is 0 Å². The van der Waals surface area contributed by atoms with Gasteiger partial charge in [-0.2, -0.15) is 0 Å². The van der Waals surface area contributed by atoms with Crippen LogP contribution in [0.25, 0.3) is 11.4 Å². The zero-order chi connectivity index (χ0) is 14.0. The molecular weight excluding hydrogens is 354 g/mol. The summed E-state index contributed by atoms with van der Waals surface area (Å²) in [5.74, 6) is -0.0553. The molecule has 0 unspecified atom stereocenters. The van der Waals surface area contributed by atoms with Crippen molar-refractivity contribution in [2.75, 3.05) is 0 Å². The Labute approximate surface area is 129 Å². The Hall–Kier alpha value is -0.710. The minimum atomic E-state index is -0.429. The van der Waals surface area contributed by atoms with Crippen LogP contribution in [0, 0.1) is 5.82 Å². The van der Waals surface area contributed by atoms with Crippen LogP contribution in [0.2, 0.25) is 10.2 Å². The van der Waals surface area contributed by atoms with Crippen LogP contribution >= 0.6 is 39.1 Å². The molecule has 0 saturated heterocycles. The van der Waals surface area contributed by atoms with Crippen LogP contribution in [-0.2, 0) is 6.42 Å². The van der Waals surface area contributed by atoms with E-state index in [1.807, 2.05) is 6.92 Å². The fourth-order valence-corrected chi connectivity index (χ4v) is 2.46. The Bertz CT molecular complexity index is 600. The molecular formula is C13H10BrCl2FN2. The number of benzene rings is 1. The Balaban J connectivity index is 2.55. The maximum Gasteiger partial charge on any atom is 0.161 e. The largest absolute Gasteiger partial charge is 0.232 e. The maximum absolute atomic E-state index is 13.4. The first-order valence-corrected chi connectivity index (χ1v) is 7.24. The van der Waals surface area contributed by atoms with E-state index in [1.54, 1.807) is 6.07 Å². The van der Waals surface area contributed by atoms with Crippen molar-refractivity contribution in [2.45, 2.75) is 19.8 Å². The molecule has 0 aliphatic heterocycles. The SMILES string of the molecule is CCCc1nc(-c2cc(F)cc(Cl)c2)nc(Cl)c1Br. The molecule has 0 N–H and O–H groups in total. The highest BCUT2D eigenvalue weighted by atomic mass is 79.9. The summed E-state index contributed by atoms with van der Waals surface area (Å²) in [5, 5.41) is 0.614. The lowest BCUT2D eigenvalue weighted by Gasteiger charge is -2.08. The highest BCUT2D eigenvalue weighted by Crippen LogP contribution is 2.29. The van der Waals surface area contributed by atoms with Gasteiger partial charge in [-0.15, -0.1) is 0 Å². The number of rotatable bonds is 3. The molecule has 2 rings (SSSR count). The van der Waals surface area contributed by atoms with Crippen molar-refractivity contribution >= 4 is 39.1 Å². The normalized spacial score (nSPS) is 10.8. The molecule has 19 heavy (non-hydrogen) atoms. The fraction of sp³-hybridized carbons (Fsp3) is 0.231. The van der Waals surface area contributed by atoms with E-state index >= 15 is 0 Å². The van der Waals surface area contributed by atoms with Gasteiger partial charge in [0.15, 0.2) is 5.82 Å². The molecule has 2 aromatic rings. The maximum atomic E-state index is 13.4. The zero-order valence-corrected chi connectivity index (χ0v) is 13.2. The predicted octanol–water partition coefficient (Wildman–Crippen LogP) is 5.30. The van der Waals surface area contributed by atoms with Crippen LogP contribution in [0.3, 0.4) is 0 Å². The molecule has 0 saturated carbocycles. The Morgan fingerprint density at radius 3 is 2.58 bits per heavy atom. The van der Waals surface area contributed by atoms with Crippen molar-refractivity contribution in [3.05, 3.63) is 44.4 Å². The minimum Gasteiger partial charge on any atom is -0.232 e. The second-order valence-electron chi connectivity index (χ2n) is 4.01. The molecule has 0 aliphatic rings. The molecule has 1 aromatic carbocycles. The summed E-state index contributed by atoms with van der Waals surface area (Å²) in [6.07, 6.45) is 1.69. The molecule has 0 spiro atoms. The quantitative estimate of drug-likeness (QED) is 0.691. The standard InChI is InChI=1S/C13H10BrCl2FN2/c1-2-3-10-11(14)12(16)19-13(18-10)7-4-8(15)6-9(17)5-7/h4-6H,2-3H2,1H3. The van der Waals surface area contributed by atoms with Gasteiger partial charge in [0.1, 0.15) is 11.0 Å². The topological polar surface area (TPSA) is 25.8 Å². The van der Waals surface area contributed by atoms with Crippen molar-refractivity contribution in [1.82, 2.24) is 9.97 Å². The average molecular weight is 364 g/mol. The summed E-state index contributed by atoms with van der Waals surface area (Å²) in [5.41, 5.74) is 1.31. The van der Waals surface area contributed by atoms with Crippen LogP contribution in [0.1, 0.15) is 19.0 Å². The van der Waals surface area contributed by atoms with Crippen LogP contribution < -0.4 is 0 Å². The van der Waals surface area contributed by atoms with Crippen molar-refractivity contribution in [3.63, 3.8) is 0 Å². The lowest BCUT2D eigenvalue weighted by molar-refractivity contribution is 0.628. The lowest BCUT2D eigenvalue weighted by atomic mass is 10.2. The van der Waals surface area contributed by atoms with Crippen molar-refractivity contribution in [3.8, 4) is 11.4 Å². The van der Waals surface area contributed by atoms with Gasteiger partial charge in [0.25, 0.3) is 0 Å². The summed E-state index contributed by atoms with van der Waals surface area (Å²) in [6.45, 7) is 2.04. The second kappa shape index (κ2) is 6.16. The number of hydrogen-bond acceptors (Lipinski definition) is 2. The molecule has 0 aliphatic carbocycles. The molecule has 1 heterocycles. The molecule has 6 heteroatoms. The smallest absolute Gasteiger partial charge is 0.161 e. The molecule has 0 radical (unpaired) electrons. The summed E-state index contributed by atoms with van der Waals surface area (Å²) in [6, 6.07) is 4.18. The van der Waals surface area contributed by atoms with E-state index in [0.29, 0.717) is 26.0 Å². The monoisotopic (exact) mass is 362 g/mol. The number of halogens is 4. The van der Waals surface area contributed by atoms with Crippen LogP contribution in [0.15, 0.2) is 22.7 Å². The first-order valence-electron chi connectivity index (χ1n) is 5.69. The van der Waals surface area contributed by atoms with Gasteiger partial charge in [-0.1, -0.05) is 36.5 Å². The molecule has 0 fully saturated rings. The van der Waals surface area contributed by atoms with Crippen molar-refractivity contribution < 1.29 is 4.39 Å². The minimum absolute atomic E-state index is 0.301. The van der Waals surface area contributed by atoms with E-state index in [-0.39, 0.29) is 0 Å². The van der Waals surface area contributed by atoms with Gasteiger partial charge in [-0.25, -0.2) is 14.4 Å². The predicted molar refractivity (Wildman–Crippen MR) is 79.1 cm³/mol. The van der Waals surface area contributed by atoms with E-state index in [4.69, 9.17) is 23.2 Å². The average Bonchev–Trinajstić information content (AvgIpc) is 2.33. The Morgan fingerprint density at radius 2 is 1.95 bits per heavy atom. The fourth-order valence-electron chi connectivity index (χ4n) is 1.68. The third kappa shape index (κ3) is 3.44. The third-order valence-electron chi connectivity index (χ3n) is 2.49. The summed E-state index contributed by atoms with van der Waals surface area (Å²) in [7, 11) is 0. The van der Waals surface area contributed by atoms with E-state index < -0.39 is 5.82 Å². The van der Waals surface area contributed by atoms with E-state index in [2.05, 4.69) is 25.9 Å². The summed E-state index contributed by atoms with van der Waals surface area (Å²) >= 11 is 15.3. The number of nitrogens with zero attached hydrogens (tertiary/aromatic N) is 2. The lowest BCUT2D eigenvalue weighted by Crippen LogP contribution is -1.99. The van der Waals surface area contributed by atoms with Crippen molar-refractivity contribution in [2.24, 2.45) is 0 Å². The van der Waals surface area contributed by atoms with Gasteiger partial charge in [-0.3, -0.25) is 0 Å². The first kappa shape index (κ1) is 14.7. The van der Waals surface area contributed by atoms with Gasteiger partial charge in [0.05, 0.1) is 10.2 Å². The number of aromatic nitrogens is 2. The Kier molecular flexibility index (Phi) is 4.76. The molecule has 1 aromatic heterocycles. The molecule has 0 amide bonds. The summed E-state index contributed by atoms with van der Waals surface area (Å²) < 4.78 is 14.0. The van der Waals surface area contributed by atoms with Gasteiger partial charge in [0.2, 0.25) is 0 Å². The van der Waals surface area contributed by atoms with E-state index in [1.165, 1.54) is 12.1 Å². The highest BCUT2D eigenvalue weighted by molar-refractivity contribution is 9.10. The Morgan fingerprint density at radius 1 is 1.21 bits per heavy atom. The zero-order valence-electron chi connectivity index (χ0n) is 10.1. The van der Waals surface area contributed by atoms with Gasteiger partial charge >= 0.3 is 0 Å². The van der Waals surface area contributed by atoms with Crippen molar-refractivity contribution in [1.29, 1.82) is 0 Å². The molecule has 0 atom stereocenters. The highest BCUT2D eigenvalue weighted by Gasteiger charge is 2.12. The first-order chi connectivity index (χ1) is 9.01. The molecule has 2 nitrogen and oxygen atoms in total. The van der Waals surface area contributed by atoms with Gasteiger partial charge < -0.3 is 0 Å². The number of hydrogen-bond donors (Lipinski definition) is 0. The van der Waals surface area contributed by atoms with Gasteiger partial charge in [-0.05, 0) is 40.5 Å². The molecule has 0 bridgehead atoms. The van der Waals surface area contributed by atoms with E-state index in [0.717, 1.165) is 18.5 Å². The van der Waals surface area contributed by atoms with Crippen LogP contribution in [-0.4, -0.2) is 9.97 Å². The second-order valence-corrected chi connectivity index (χ2v) is 5.59. The third-order valence-corrected chi connectivity index (χ3v) is 4.04. The van der Waals surface area contributed by atoms with Crippen LogP contribution in [0.4, 0.5) is 4.39 Å². The van der Waals surface area contributed by atoms with E-state index in [9.17, 15) is 4.39 Å². The molecule has 100 valence electrons. The summed E-state index contributed by atoms with van der Waals surface area (Å²) in [4.78, 5) is 8.56. The number of aryl methyl sites for hydroxylation is 1. The van der Waals surface area contributed by atoms with Gasteiger partial charge in [0, 0.05) is 10.6 Å².